The van der Waals surface area contributed by atoms with Gasteiger partial charge in [-0.15, -0.1) is 0 Å². The van der Waals surface area contributed by atoms with Gasteiger partial charge in [0.25, 0.3) is 5.91 Å². The number of hydrogen-bond donors (Lipinski definition) is 2. The Morgan fingerprint density at radius 2 is 1.94 bits per heavy atom. The van der Waals surface area contributed by atoms with Gasteiger partial charge in [-0.1, -0.05) is 25.1 Å². The molecule has 2 unspecified atom stereocenters. The summed E-state index contributed by atoms with van der Waals surface area (Å²) in [5.74, 6) is -0.658. The van der Waals surface area contributed by atoms with Crippen LogP contribution in [0.5, 0.6) is 0 Å². The first-order valence-electron chi connectivity index (χ1n) is 11.1. The van der Waals surface area contributed by atoms with E-state index in [2.05, 4.69) is 17.3 Å². The number of amides is 1. The summed E-state index contributed by atoms with van der Waals surface area (Å²) < 4.78 is 5.32. The van der Waals surface area contributed by atoms with E-state index in [0.29, 0.717) is 18.8 Å². The number of rotatable bonds is 6. The van der Waals surface area contributed by atoms with E-state index < -0.39 is 5.97 Å². The first kappa shape index (κ1) is 22.0. The van der Waals surface area contributed by atoms with Crippen LogP contribution in [0.4, 0.5) is 5.69 Å². The number of aryl methyl sites for hydroxylation is 1. The van der Waals surface area contributed by atoms with E-state index in [1.54, 1.807) is 18.3 Å². The number of nitrogens with zero attached hydrogens (tertiary/aromatic N) is 2. The Morgan fingerprint density at radius 3 is 2.66 bits per heavy atom. The Morgan fingerprint density at radius 1 is 1.19 bits per heavy atom. The van der Waals surface area contributed by atoms with E-state index in [9.17, 15) is 14.7 Å². The van der Waals surface area contributed by atoms with Gasteiger partial charge in [-0.25, -0.2) is 0 Å². The van der Waals surface area contributed by atoms with Crippen LogP contribution >= 0.6 is 0 Å². The zero-order valence-corrected chi connectivity index (χ0v) is 18.3. The molecule has 168 valence electrons. The molecule has 32 heavy (non-hydrogen) atoms. The first-order valence-corrected chi connectivity index (χ1v) is 11.1. The Labute approximate surface area is 188 Å². The summed E-state index contributed by atoms with van der Waals surface area (Å²) in [4.78, 5) is 23.9. The first-order chi connectivity index (χ1) is 15.5. The smallest absolute Gasteiger partial charge is 0.303 e. The zero-order valence-electron chi connectivity index (χ0n) is 18.3. The molecule has 1 heterocycles. The van der Waals surface area contributed by atoms with Crippen molar-refractivity contribution in [1.29, 1.82) is 0 Å². The van der Waals surface area contributed by atoms with Crippen LogP contribution in [0.15, 0.2) is 47.6 Å². The lowest BCUT2D eigenvalue weighted by Crippen LogP contribution is -2.32. The Kier molecular flexibility index (Phi) is 6.85. The third kappa shape index (κ3) is 5.34. The fraction of sp³-hybridized carbons (Fsp3) is 0.400. The van der Waals surface area contributed by atoms with E-state index in [1.165, 1.54) is 5.56 Å². The average molecular weight is 436 g/mol. The lowest BCUT2D eigenvalue weighted by atomic mass is 9.74. The molecule has 1 aliphatic heterocycles. The number of hydrogen-bond acceptors (Lipinski definition) is 5. The predicted octanol–water partition coefficient (Wildman–Crippen LogP) is 3.75. The van der Waals surface area contributed by atoms with Crippen LogP contribution in [0.25, 0.3) is 0 Å². The molecule has 2 aromatic carbocycles. The molecule has 2 atom stereocenters. The SMILES string of the molecule is CC1c2cc(NC(=O)c3ccc(C=NN4CCOCC4)cc3)ccc2CCC1CC(=O)O. The van der Waals surface area contributed by atoms with Crippen molar-refractivity contribution in [2.75, 3.05) is 31.6 Å². The molecule has 0 radical (unpaired) electrons. The predicted molar refractivity (Wildman–Crippen MR) is 123 cm³/mol. The number of carboxylic acid groups (broad SMARTS) is 1. The molecule has 1 fully saturated rings. The number of fused-ring (bicyclic) bond motifs is 1. The number of carboxylic acids is 1. The van der Waals surface area contributed by atoms with Crippen LogP contribution < -0.4 is 5.32 Å². The van der Waals surface area contributed by atoms with Crippen LogP contribution in [0, 0.1) is 5.92 Å². The summed E-state index contributed by atoms with van der Waals surface area (Å²) in [6, 6.07) is 13.3. The minimum Gasteiger partial charge on any atom is -0.481 e. The molecule has 4 rings (SSSR count). The number of nitrogens with one attached hydrogen (secondary N) is 1. The van der Waals surface area contributed by atoms with E-state index in [1.807, 2.05) is 35.3 Å². The van der Waals surface area contributed by atoms with Crippen molar-refractivity contribution < 1.29 is 19.4 Å². The summed E-state index contributed by atoms with van der Waals surface area (Å²) in [6.45, 7) is 5.03. The number of hydrazone groups is 1. The highest BCUT2D eigenvalue weighted by molar-refractivity contribution is 6.04. The highest BCUT2D eigenvalue weighted by atomic mass is 16.5. The van der Waals surface area contributed by atoms with Gasteiger partial charge < -0.3 is 15.2 Å². The molecule has 1 amide bonds. The highest BCUT2D eigenvalue weighted by Crippen LogP contribution is 2.39. The summed E-state index contributed by atoms with van der Waals surface area (Å²) >= 11 is 0. The van der Waals surface area contributed by atoms with Crippen molar-refractivity contribution in [2.45, 2.75) is 32.1 Å². The van der Waals surface area contributed by atoms with Gasteiger partial charge >= 0.3 is 5.97 Å². The highest BCUT2D eigenvalue weighted by Gasteiger charge is 2.28. The number of anilines is 1. The molecule has 7 nitrogen and oxygen atoms in total. The Bertz CT molecular complexity index is 997. The molecular formula is C25H29N3O4. The quantitative estimate of drug-likeness (QED) is 0.675. The van der Waals surface area contributed by atoms with Gasteiger partial charge in [0.15, 0.2) is 0 Å². The largest absolute Gasteiger partial charge is 0.481 e. The number of benzene rings is 2. The second-order valence-electron chi connectivity index (χ2n) is 8.49. The van der Waals surface area contributed by atoms with Crippen molar-refractivity contribution in [3.8, 4) is 0 Å². The van der Waals surface area contributed by atoms with Gasteiger partial charge in [0.2, 0.25) is 0 Å². The fourth-order valence-electron chi connectivity index (χ4n) is 4.41. The number of carbonyl (C=O) groups excluding carboxylic acids is 1. The molecule has 0 saturated carbocycles. The Balaban J connectivity index is 1.40. The molecular weight excluding hydrogens is 406 g/mol. The van der Waals surface area contributed by atoms with Crippen molar-refractivity contribution in [3.05, 3.63) is 64.7 Å². The molecule has 7 heteroatoms. The molecule has 0 aromatic heterocycles. The second kappa shape index (κ2) is 9.96. The van der Waals surface area contributed by atoms with Crippen molar-refractivity contribution in [3.63, 3.8) is 0 Å². The number of carbonyl (C=O) groups is 2. The molecule has 2 aliphatic rings. The fourth-order valence-corrected chi connectivity index (χ4v) is 4.41. The van der Waals surface area contributed by atoms with Crippen molar-refractivity contribution in [1.82, 2.24) is 5.01 Å². The third-order valence-corrected chi connectivity index (χ3v) is 6.35. The molecule has 2 N–H and O–H groups in total. The van der Waals surface area contributed by atoms with Gasteiger partial charge in [-0.3, -0.25) is 14.6 Å². The maximum atomic E-state index is 12.7. The van der Waals surface area contributed by atoms with Crippen LogP contribution in [0.3, 0.4) is 0 Å². The van der Waals surface area contributed by atoms with Crippen LogP contribution in [0.2, 0.25) is 0 Å². The van der Waals surface area contributed by atoms with Gasteiger partial charge in [0.05, 0.1) is 32.5 Å². The maximum Gasteiger partial charge on any atom is 0.303 e. The van der Waals surface area contributed by atoms with E-state index in [4.69, 9.17) is 4.74 Å². The van der Waals surface area contributed by atoms with Crippen LogP contribution in [0.1, 0.15) is 52.7 Å². The van der Waals surface area contributed by atoms with Gasteiger partial charge in [-0.05, 0) is 65.6 Å². The minimum atomic E-state index is -0.756. The molecule has 0 spiro atoms. The summed E-state index contributed by atoms with van der Waals surface area (Å²) in [5.41, 5.74) is 4.61. The minimum absolute atomic E-state index is 0.123. The van der Waals surface area contributed by atoms with E-state index >= 15 is 0 Å². The van der Waals surface area contributed by atoms with Gasteiger partial charge in [0, 0.05) is 17.7 Å². The van der Waals surface area contributed by atoms with Crippen LogP contribution in [-0.2, 0) is 16.0 Å². The van der Waals surface area contributed by atoms with Crippen molar-refractivity contribution >= 4 is 23.8 Å². The Hall–Kier alpha value is -3.19. The second-order valence-corrected chi connectivity index (χ2v) is 8.49. The topological polar surface area (TPSA) is 91.2 Å². The summed E-state index contributed by atoms with van der Waals surface area (Å²) in [5, 5.41) is 18.6. The average Bonchev–Trinajstić information content (AvgIpc) is 2.80. The standard InChI is InChI=1S/C25H29N3O4/c1-17-21(14-24(29)30)7-6-19-8-9-22(15-23(17)19)27-25(31)20-4-2-18(3-5-20)16-26-28-10-12-32-13-11-28/h2-5,8-9,15-17,21H,6-7,10-14H2,1H3,(H,27,31)(H,29,30). The number of aliphatic carboxylic acids is 1. The zero-order chi connectivity index (χ0) is 22.5. The third-order valence-electron chi connectivity index (χ3n) is 6.35. The van der Waals surface area contributed by atoms with Gasteiger partial charge in [0.1, 0.15) is 0 Å². The van der Waals surface area contributed by atoms with E-state index in [-0.39, 0.29) is 24.2 Å². The summed E-state index contributed by atoms with van der Waals surface area (Å²) in [7, 11) is 0. The molecule has 0 bridgehead atoms. The number of morpholine rings is 1. The molecule has 1 aliphatic carbocycles. The lowest BCUT2D eigenvalue weighted by molar-refractivity contribution is -0.138. The normalized spacial score (nSPS) is 20.7. The van der Waals surface area contributed by atoms with E-state index in [0.717, 1.165) is 42.7 Å². The molecule has 2 aromatic rings. The monoisotopic (exact) mass is 435 g/mol. The lowest BCUT2D eigenvalue weighted by Gasteiger charge is -2.30. The summed E-state index contributed by atoms with van der Waals surface area (Å²) in [6.07, 6.45) is 3.73. The van der Waals surface area contributed by atoms with Crippen molar-refractivity contribution in [2.24, 2.45) is 11.0 Å². The molecule has 1 saturated heterocycles. The van der Waals surface area contributed by atoms with Gasteiger partial charge in [-0.2, -0.15) is 5.10 Å². The maximum absolute atomic E-state index is 12.7. The van der Waals surface area contributed by atoms with Crippen LogP contribution in [-0.4, -0.2) is 54.5 Å². The number of ether oxygens (including phenoxy) is 1.